The molecule has 0 aliphatic heterocycles. The van der Waals surface area contributed by atoms with Gasteiger partial charge in [0.1, 0.15) is 5.01 Å². The van der Waals surface area contributed by atoms with Crippen LogP contribution in [0.5, 0.6) is 0 Å². The molecule has 0 N–H and O–H groups in total. The molecular formula is C12H11NO3S. The van der Waals surface area contributed by atoms with E-state index in [0.717, 1.165) is 4.70 Å². The van der Waals surface area contributed by atoms with Gasteiger partial charge in [-0.3, -0.25) is 9.59 Å². The minimum atomic E-state index is -0.356. The first-order valence-electron chi connectivity index (χ1n) is 5.25. The molecule has 1 aromatic heterocycles. The van der Waals surface area contributed by atoms with Gasteiger partial charge in [-0.15, -0.1) is 11.3 Å². The van der Waals surface area contributed by atoms with Gasteiger partial charge < -0.3 is 4.74 Å². The summed E-state index contributed by atoms with van der Waals surface area (Å²) in [5.74, 6) is -0.356. The Hall–Kier alpha value is -1.75. The summed E-state index contributed by atoms with van der Waals surface area (Å²) in [6.07, 6.45) is 0.0541. The van der Waals surface area contributed by atoms with E-state index in [0.29, 0.717) is 17.0 Å². The number of hydrogen-bond acceptors (Lipinski definition) is 5. The number of carbonyl (C=O) groups is 1. The van der Waals surface area contributed by atoms with Gasteiger partial charge in [0.05, 0.1) is 18.4 Å². The second kappa shape index (κ2) is 5.05. The molecule has 0 spiro atoms. The van der Waals surface area contributed by atoms with Gasteiger partial charge in [0.2, 0.25) is 0 Å². The zero-order chi connectivity index (χ0) is 12.3. The molecule has 0 saturated heterocycles. The van der Waals surface area contributed by atoms with Crippen LogP contribution in [0.25, 0.3) is 10.1 Å². The van der Waals surface area contributed by atoms with Crippen LogP contribution in [0.3, 0.4) is 0 Å². The van der Waals surface area contributed by atoms with Crippen LogP contribution in [0, 0.1) is 0 Å². The van der Waals surface area contributed by atoms with Crippen molar-refractivity contribution in [2.75, 3.05) is 6.61 Å². The first kappa shape index (κ1) is 11.7. The largest absolute Gasteiger partial charge is 0.466 e. The Bertz CT molecular complexity index is 606. The molecule has 0 aliphatic rings. The predicted molar refractivity (Wildman–Crippen MR) is 66.2 cm³/mol. The van der Waals surface area contributed by atoms with Gasteiger partial charge in [0.25, 0.3) is 5.56 Å². The third-order valence-electron chi connectivity index (χ3n) is 2.17. The Kier molecular flexibility index (Phi) is 3.49. The first-order valence-corrected chi connectivity index (χ1v) is 6.06. The summed E-state index contributed by atoms with van der Waals surface area (Å²) in [5, 5.41) is 1.08. The maximum absolute atomic E-state index is 11.7. The van der Waals surface area contributed by atoms with Crippen LogP contribution in [-0.2, 0) is 16.0 Å². The van der Waals surface area contributed by atoms with E-state index in [9.17, 15) is 9.59 Å². The van der Waals surface area contributed by atoms with Crippen molar-refractivity contribution in [1.82, 2.24) is 4.98 Å². The third kappa shape index (κ3) is 2.68. The lowest BCUT2D eigenvalue weighted by Gasteiger charge is -2.01. The Balaban J connectivity index is 2.37. The van der Waals surface area contributed by atoms with Crippen molar-refractivity contribution in [2.24, 2.45) is 0 Å². The van der Waals surface area contributed by atoms with E-state index in [2.05, 4.69) is 4.98 Å². The van der Waals surface area contributed by atoms with Crippen LogP contribution in [0.15, 0.2) is 29.1 Å². The second-order valence-electron chi connectivity index (χ2n) is 3.39. The maximum atomic E-state index is 11.7. The van der Waals surface area contributed by atoms with Crippen LogP contribution < -0.4 is 5.56 Å². The molecule has 4 nitrogen and oxygen atoms in total. The van der Waals surface area contributed by atoms with Crippen LogP contribution in [0.1, 0.15) is 11.9 Å². The van der Waals surface area contributed by atoms with Crippen molar-refractivity contribution < 1.29 is 9.53 Å². The number of benzene rings is 1. The minimum Gasteiger partial charge on any atom is -0.466 e. The molecule has 5 heteroatoms. The highest BCUT2D eigenvalue weighted by atomic mass is 32.1. The molecule has 17 heavy (non-hydrogen) atoms. The molecule has 0 radical (unpaired) electrons. The van der Waals surface area contributed by atoms with Crippen molar-refractivity contribution in [3.63, 3.8) is 0 Å². The van der Waals surface area contributed by atoms with Crippen LogP contribution in [0.2, 0.25) is 0 Å². The van der Waals surface area contributed by atoms with Crippen molar-refractivity contribution in [1.29, 1.82) is 0 Å². The average Bonchev–Trinajstić information content (AvgIpc) is 2.29. The zero-order valence-electron chi connectivity index (χ0n) is 9.30. The Morgan fingerprint density at radius 3 is 2.94 bits per heavy atom. The monoisotopic (exact) mass is 249 g/mol. The van der Waals surface area contributed by atoms with Crippen molar-refractivity contribution in [2.45, 2.75) is 13.3 Å². The Morgan fingerprint density at radius 2 is 2.18 bits per heavy atom. The number of hydrogen-bond donors (Lipinski definition) is 0. The fraction of sp³-hybridized carbons (Fsp3) is 0.250. The molecular weight excluding hydrogens is 238 g/mol. The topological polar surface area (TPSA) is 56.3 Å². The van der Waals surface area contributed by atoms with Crippen molar-refractivity contribution in [3.05, 3.63) is 39.6 Å². The fourth-order valence-electron chi connectivity index (χ4n) is 1.47. The molecule has 88 valence electrons. The summed E-state index contributed by atoms with van der Waals surface area (Å²) >= 11 is 1.34. The van der Waals surface area contributed by atoms with Crippen molar-refractivity contribution in [3.8, 4) is 0 Å². The summed E-state index contributed by atoms with van der Waals surface area (Å²) in [4.78, 5) is 26.9. The summed E-state index contributed by atoms with van der Waals surface area (Å²) < 4.78 is 5.66. The molecule has 0 amide bonds. The number of esters is 1. The molecule has 0 fully saturated rings. The summed E-state index contributed by atoms with van der Waals surface area (Å²) in [5.41, 5.74) is -0.293. The fourth-order valence-corrected chi connectivity index (χ4v) is 2.45. The zero-order valence-corrected chi connectivity index (χ0v) is 10.1. The van der Waals surface area contributed by atoms with E-state index >= 15 is 0 Å². The van der Waals surface area contributed by atoms with E-state index in [4.69, 9.17) is 4.74 Å². The lowest BCUT2D eigenvalue weighted by atomic mass is 10.3. The standard InChI is InChI=1S/C12H11NO3S/c1-2-16-11(14)7-10-13-12(15)8-5-3-4-6-9(8)17-10/h3-6H,2,7H2,1H3. The molecule has 1 heterocycles. The number of rotatable bonds is 3. The molecule has 2 rings (SSSR count). The summed E-state index contributed by atoms with van der Waals surface area (Å²) in [7, 11) is 0. The number of fused-ring (bicyclic) bond motifs is 1. The Labute approximate surface area is 102 Å². The molecule has 0 atom stereocenters. The lowest BCUT2D eigenvalue weighted by molar-refractivity contribution is -0.142. The highest BCUT2D eigenvalue weighted by molar-refractivity contribution is 7.18. The third-order valence-corrected chi connectivity index (χ3v) is 3.22. The maximum Gasteiger partial charge on any atom is 0.312 e. The van der Waals surface area contributed by atoms with Gasteiger partial charge in [0, 0.05) is 4.70 Å². The van der Waals surface area contributed by atoms with E-state index in [-0.39, 0.29) is 17.9 Å². The van der Waals surface area contributed by atoms with Crippen molar-refractivity contribution >= 4 is 27.4 Å². The van der Waals surface area contributed by atoms with Gasteiger partial charge >= 0.3 is 5.97 Å². The van der Waals surface area contributed by atoms with Gasteiger partial charge in [-0.25, -0.2) is 4.98 Å². The highest BCUT2D eigenvalue weighted by Crippen LogP contribution is 2.17. The van der Waals surface area contributed by atoms with Gasteiger partial charge in [0.15, 0.2) is 0 Å². The quantitative estimate of drug-likeness (QED) is 0.778. The number of nitrogens with zero attached hydrogens (tertiary/aromatic N) is 1. The van der Waals surface area contributed by atoms with E-state index < -0.39 is 0 Å². The van der Waals surface area contributed by atoms with Gasteiger partial charge in [-0.05, 0) is 19.1 Å². The Morgan fingerprint density at radius 1 is 1.41 bits per heavy atom. The smallest absolute Gasteiger partial charge is 0.312 e. The van der Waals surface area contributed by atoms with Crippen LogP contribution in [-0.4, -0.2) is 17.6 Å². The van der Waals surface area contributed by atoms with E-state index in [1.807, 2.05) is 12.1 Å². The molecule has 0 saturated carbocycles. The highest BCUT2D eigenvalue weighted by Gasteiger charge is 2.09. The van der Waals surface area contributed by atoms with Gasteiger partial charge in [-0.1, -0.05) is 12.1 Å². The summed E-state index contributed by atoms with van der Waals surface area (Å²) in [6.45, 7) is 2.08. The predicted octanol–water partition coefficient (Wildman–Crippen LogP) is 1.76. The number of ether oxygens (including phenoxy) is 1. The number of carbonyl (C=O) groups excluding carboxylic acids is 1. The molecule has 0 aliphatic carbocycles. The molecule has 0 bridgehead atoms. The minimum absolute atomic E-state index is 0.0541. The van der Waals surface area contributed by atoms with Crippen LogP contribution >= 0.6 is 11.3 Å². The molecule has 2 aromatic rings. The first-order chi connectivity index (χ1) is 8.20. The average molecular weight is 249 g/mol. The lowest BCUT2D eigenvalue weighted by Crippen LogP contribution is -2.13. The van der Waals surface area contributed by atoms with Gasteiger partial charge in [-0.2, -0.15) is 0 Å². The van der Waals surface area contributed by atoms with E-state index in [1.165, 1.54) is 11.3 Å². The molecule has 1 aromatic carbocycles. The second-order valence-corrected chi connectivity index (χ2v) is 4.51. The SMILES string of the molecule is CCOC(=O)Cc1nc(=O)c2ccccc2s1. The van der Waals surface area contributed by atoms with Crippen LogP contribution in [0.4, 0.5) is 0 Å². The normalized spacial score (nSPS) is 10.4. The molecule has 0 unspecified atom stereocenters. The van der Waals surface area contributed by atoms with E-state index in [1.54, 1.807) is 19.1 Å². The summed E-state index contributed by atoms with van der Waals surface area (Å²) in [6, 6.07) is 7.22. The number of aromatic nitrogens is 1.